The number of aryl methyl sites for hydroxylation is 1. The van der Waals surface area contributed by atoms with Crippen LogP contribution in [0.4, 0.5) is 0 Å². The molecule has 2 fully saturated rings. The minimum absolute atomic E-state index is 0.111. The maximum absolute atomic E-state index is 13.2. The van der Waals surface area contributed by atoms with Gasteiger partial charge >= 0.3 is 0 Å². The Labute approximate surface area is 242 Å². The Kier molecular flexibility index (Phi) is 9.01. The predicted octanol–water partition coefficient (Wildman–Crippen LogP) is 3.08. The van der Waals surface area contributed by atoms with Crippen LogP contribution in [0.5, 0.6) is 5.75 Å². The van der Waals surface area contributed by atoms with Gasteiger partial charge in [0.15, 0.2) is 0 Å². The van der Waals surface area contributed by atoms with E-state index in [0.29, 0.717) is 23.4 Å². The van der Waals surface area contributed by atoms with Crippen molar-refractivity contribution < 1.29 is 14.3 Å². The van der Waals surface area contributed by atoms with Crippen molar-refractivity contribution in [3.05, 3.63) is 64.7 Å². The van der Waals surface area contributed by atoms with Crippen LogP contribution in [0.15, 0.2) is 42.5 Å². The molecule has 0 atom stereocenters. The first-order chi connectivity index (χ1) is 19.4. The number of piperazine rings is 1. The van der Waals surface area contributed by atoms with Crippen LogP contribution in [0.1, 0.15) is 61.2 Å². The van der Waals surface area contributed by atoms with Crippen LogP contribution in [0, 0.1) is 33.5 Å². The van der Waals surface area contributed by atoms with Crippen LogP contribution in [-0.4, -0.2) is 73.0 Å². The van der Waals surface area contributed by atoms with Crippen molar-refractivity contribution in [3.63, 3.8) is 0 Å². The Morgan fingerprint density at radius 2 is 1.56 bits per heavy atom. The summed E-state index contributed by atoms with van der Waals surface area (Å²) in [5.41, 5.74) is 7.01. The minimum atomic E-state index is -0.356. The normalized spacial score (nSPS) is 21.6. The first-order valence-electron chi connectivity index (χ1n) is 14.2. The molecule has 3 N–H and O–H groups in total. The third-order valence-corrected chi connectivity index (χ3v) is 8.60. The molecule has 0 radical (unpaired) electrons. The van der Waals surface area contributed by atoms with Crippen molar-refractivity contribution in [1.29, 1.82) is 10.5 Å². The molecule has 0 unspecified atom stereocenters. The van der Waals surface area contributed by atoms with E-state index in [-0.39, 0.29) is 40.4 Å². The summed E-state index contributed by atoms with van der Waals surface area (Å²) in [7, 11) is 0. The summed E-state index contributed by atoms with van der Waals surface area (Å²) in [6, 6.07) is 16.7. The molecular formula is C32H40N6O3. The van der Waals surface area contributed by atoms with Crippen molar-refractivity contribution in [2.75, 3.05) is 39.3 Å². The lowest BCUT2D eigenvalue weighted by Gasteiger charge is -2.63. The number of ether oxygens (including phenoxy) is 1. The molecule has 2 aromatic carbocycles. The first-order valence-corrected chi connectivity index (χ1v) is 14.2. The second-order valence-electron chi connectivity index (χ2n) is 12.4. The van der Waals surface area contributed by atoms with Crippen molar-refractivity contribution in [2.24, 2.45) is 16.6 Å². The lowest BCUT2D eigenvalue weighted by molar-refractivity contribution is -0.164. The van der Waals surface area contributed by atoms with Gasteiger partial charge in [-0.1, -0.05) is 39.8 Å². The molecule has 9 nitrogen and oxygen atoms in total. The molecule has 1 saturated carbocycles. The molecule has 0 aromatic heterocycles. The Morgan fingerprint density at radius 1 is 0.951 bits per heavy atom. The number of nitrogens with one attached hydrogen (secondary N) is 1. The van der Waals surface area contributed by atoms with E-state index in [9.17, 15) is 20.1 Å². The number of nitrogens with two attached hydrogens (primary N) is 1. The zero-order valence-corrected chi connectivity index (χ0v) is 24.4. The van der Waals surface area contributed by atoms with Crippen LogP contribution in [0.2, 0.25) is 0 Å². The maximum Gasteiger partial charge on any atom is 0.251 e. The largest absolute Gasteiger partial charge is 0.489 e. The summed E-state index contributed by atoms with van der Waals surface area (Å²) in [4.78, 5) is 28.8. The number of carbonyl (C=O) groups is 2. The number of carbonyl (C=O) groups excluding carboxylic acids is 2. The number of nitriles is 2. The van der Waals surface area contributed by atoms with Gasteiger partial charge in [0.1, 0.15) is 24.0 Å². The molecule has 2 aliphatic rings. The topological polar surface area (TPSA) is 135 Å². The molecule has 0 spiro atoms. The Balaban J connectivity index is 1.28. The third-order valence-electron chi connectivity index (χ3n) is 8.60. The highest BCUT2D eigenvalue weighted by molar-refractivity contribution is 5.94. The van der Waals surface area contributed by atoms with E-state index < -0.39 is 0 Å². The highest BCUT2D eigenvalue weighted by Crippen LogP contribution is 2.55. The summed E-state index contributed by atoms with van der Waals surface area (Å²) in [5.74, 6) is 0.155. The number of benzene rings is 2. The zero-order chi connectivity index (χ0) is 29.8. The van der Waals surface area contributed by atoms with E-state index in [1.807, 2.05) is 30.3 Å². The fraction of sp³-hybridized carbons (Fsp3) is 0.500. The smallest absolute Gasteiger partial charge is 0.251 e. The number of nitrogens with zero attached hydrogens (tertiary/aromatic N) is 4. The predicted molar refractivity (Wildman–Crippen MR) is 156 cm³/mol. The molecule has 9 heteroatoms. The molecule has 41 heavy (non-hydrogen) atoms. The van der Waals surface area contributed by atoms with Crippen LogP contribution >= 0.6 is 0 Å². The zero-order valence-electron chi connectivity index (χ0n) is 24.4. The van der Waals surface area contributed by atoms with Gasteiger partial charge in [-0.2, -0.15) is 10.5 Å². The van der Waals surface area contributed by atoms with E-state index in [2.05, 4.69) is 48.9 Å². The highest BCUT2D eigenvalue weighted by atomic mass is 16.5. The summed E-state index contributed by atoms with van der Waals surface area (Å²) < 4.78 is 6.32. The summed E-state index contributed by atoms with van der Waals surface area (Å²) in [5, 5.41) is 21.8. The SMILES string of the molecule is CC1(C)C(NC(=O)c2ccc(CCCN3CCN(CC(N)=O)CC3)cc2)C(C)(C)C1Oc1ccc(C#N)c(C#N)c1. The molecule has 1 heterocycles. The van der Waals surface area contributed by atoms with Crippen molar-refractivity contribution in [1.82, 2.24) is 15.1 Å². The molecule has 1 aliphatic carbocycles. The van der Waals surface area contributed by atoms with Crippen molar-refractivity contribution >= 4 is 11.8 Å². The van der Waals surface area contributed by atoms with Gasteiger partial charge in [-0.15, -0.1) is 0 Å². The average Bonchev–Trinajstić information content (AvgIpc) is 2.95. The van der Waals surface area contributed by atoms with Crippen LogP contribution in [-0.2, 0) is 11.2 Å². The fourth-order valence-electron chi connectivity index (χ4n) is 6.66. The van der Waals surface area contributed by atoms with Gasteiger partial charge in [0.05, 0.1) is 17.7 Å². The molecular weight excluding hydrogens is 516 g/mol. The van der Waals surface area contributed by atoms with E-state index in [4.69, 9.17) is 10.5 Å². The number of hydrogen-bond donors (Lipinski definition) is 2. The van der Waals surface area contributed by atoms with E-state index in [0.717, 1.165) is 45.6 Å². The van der Waals surface area contributed by atoms with Crippen LogP contribution in [0.25, 0.3) is 0 Å². The van der Waals surface area contributed by atoms with Gasteiger partial charge in [0.25, 0.3) is 5.91 Å². The van der Waals surface area contributed by atoms with Crippen LogP contribution in [0.3, 0.4) is 0 Å². The maximum atomic E-state index is 13.2. The molecule has 2 aromatic rings. The van der Waals surface area contributed by atoms with E-state index in [1.54, 1.807) is 18.2 Å². The van der Waals surface area contributed by atoms with E-state index in [1.165, 1.54) is 5.56 Å². The van der Waals surface area contributed by atoms with Gasteiger partial charge in [-0.3, -0.25) is 14.5 Å². The van der Waals surface area contributed by atoms with Gasteiger partial charge in [0, 0.05) is 48.6 Å². The molecule has 0 bridgehead atoms. The Hall–Kier alpha value is -3.92. The highest BCUT2D eigenvalue weighted by Gasteiger charge is 2.64. The Morgan fingerprint density at radius 3 is 2.15 bits per heavy atom. The quantitative estimate of drug-likeness (QED) is 0.459. The van der Waals surface area contributed by atoms with Gasteiger partial charge in [-0.25, -0.2) is 0 Å². The molecule has 2 amide bonds. The molecule has 216 valence electrons. The van der Waals surface area contributed by atoms with Crippen LogP contribution < -0.4 is 15.8 Å². The summed E-state index contributed by atoms with van der Waals surface area (Å²) in [6.07, 6.45) is 1.77. The second kappa shape index (κ2) is 12.3. The summed E-state index contributed by atoms with van der Waals surface area (Å²) in [6.45, 7) is 13.3. The monoisotopic (exact) mass is 556 g/mol. The number of hydrogen-bond acceptors (Lipinski definition) is 7. The number of primary amides is 1. The minimum Gasteiger partial charge on any atom is -0.489 e. The van der Waals surface area contributed by atoms with Gasteiger partial charge in [0.2, 0.25) is 5.91 Å². The lowest BCUT2D eigenvalue weighted by Crippen LogP contribution is -2.74. The summed E-state index contributed by atoms with van der Waals surface area (Å²) >= 11 is 0. The van der Waals surface area contributed by atoms with Gasteiger partial charge in [-0.05, 0) is 55.3 Å². The molecule has 1 aliphatic heterocycles. The van der Waals surface area contributed by atoms with Gasteiger partial charge < -0.3 is 20.7 Å². The molecule has 1 saturated heterocycles. The number of amides is 2. The third kappa shape index (κ3) is 6.70. The number of rotatable bonds is 10. The molecule has 4 rings (SSSR count). The lowest BCUT2D eigenvalue weighted by atomic mass is 9.49. The van der Waals surface area contributed by atoms with Crippen molar-refractivity contribution in [3.8, 4) is 17.9 Å². The first kappa shape index (κ1) is 30.0. The Bertz CT molecular complexity index is 1330. The second-order valence-corrected chi connectivity index (χ2v) is 12.4. The average molecular weight is 557 g/mol. The van der Waals surface area contributed by atoms with E-state index >= 15 is 0 Å². The fourth-order valence-corrected chi connectivity index (χ4v) is 6.66. The van der Waals surface area contributed by atoms with Crippen molar-refractivity contribution in [2.45, 2.75) is 52.7 Å². The standard InChI is InChI=1S/C32H40N6O3/c1-31(2)29(32(3,4)30(31)41-26-12-11-24(19-33)25(18-26)20-34)36-28(40)23-9-7-22(8-10-23)6-5-13-37-14-16-38(17-15-37)21-27(35)39/h7-12,18,29-30H,5-6,13-17,21H2,1-4H3,(H2,35,39)(H,36,40).